The second-order valence-electron chi connectivity index (χ2n) is 6.19. The van der Waals surface area contributed by atoms with Gasteiger partial charge in [0.2, 0.25) is 5.91 Å². The van der Waals surface area contributed by atoms with E-state index in [4.69, 9.17) is 11.6 Å². The molecule has 2 amide bonds. The molecule has 148 valence electrons. The maximum atomic E-state index is 13.2. The van der Waals surface area contributed by atoms with Gasteiger partial charge in [-0.15, -0.1) is 11.7 Å². The predicted octanol–water partition coefficient (Wildman–Crippen LogP) is 3.88. The Labute approximate surface area is 178 Å². The summed E-state index contributed by atoms with van der Waals surface area (Å²) in [6.07, 6.45) is 1.57. The van der Waals surface area contributed by atoms with Gasteiger partial charge in [0.1, 0.15) is 6.04 Å². The number of hydrogen-bond donors (Lipinski definition) is 1. The van der Waals surface area contributed by atoms with Crippen LogP contribution in [0.5, 0.6) is 0 Å². The van der Waals surface area contributed by atoms with Crippen LogP contribution >= 0.6 is 23.1 Å². The number of nitrogens with one attached hydrogen (secondary N) is 1. The Morgan fingerprint density at radius 1 is 1.17 bits per heavy atom. The van der Waals surface area contributed by atoms with E-state index in [-0.39, 0.29) is 18.1 Å². The summed E-state index contributed by atoms with van der Waals surface area (Å²) in [7, 11) is 0. The van der Waals surface area contributed by atoms with Crippen molar-refractivity contribution in [3.8, 4) is 0 Å². The molecule has 0 radical (unpaired) electrons. The van der Waals surface area contributed by atoms with Gasteiger partial charge in [-0.3, -0.25) is 9.59 Å². The highest BCUT2D eigenvalue weighted by molar-refractivity contribution is 7.03. The number of benzene rings is 2. The number of aromatic nitrogens is 2. The van der Waals surface area contributed by atoms with E-state index in [2.05, 4.69) is 21.5 Å². The lowest BCUT2D eigenvalue weighted by Crippen LogP contribution is -2.43. The fourth-order valence-electron chi connectivity index (χ4n) is 2.85. The molecule has 29 heavy (non-hydrogen) atoms. The highest BCUT2D eigenvalue weighted by atomic mass is 35.5. The highest BCUT2D eigenvalue weighted by Crippen LogP contribution is 2.25. The number of carbonyl (C=O) groups excluding carboxylic acids is 2. The van der Waals surface area contributed by atoms with E-state index >= 15 is 0 Å². The van der Waals surface area contributed by atoms with Crippen LogP contribution in [0.25, 0.3) is 0 Å². The monoisotopic (exact) mass is 426 g/mol. The van der Waals surface area contributed by atoms with Crippen LogP contribution in [0.2, 0.25) is 5.02 Å². The average molecular weight is 427 g/mol. The lowest BCUT2D eigenvalue weighted by molar-refractivity contribution is -0.126. The minimum atomic E-state index is -0.872. The van der Waals surface area contributed by atoms with Gasteiger partial charge < -0.3 is 10.2 Å². The topological polar surface area (TPSA) is 75.2 Å². The second kappa shape index (κ2) is 9.95. The molecule has 1 unspecified atom stereocenters. The first kappa shape index (κ1) is 20.7. The molecule has 0 aliphatic heterocycles. The first-order valence-corrected chi connectivity index (χ1v) is 10.1. The summed E-state index contributed by atoms with van der Waals surface area (Å²) in [5.74, 6) is -0.706. The molecule has 1 atom stereocenters. The Balaban J connectivity index is 1.91. The molecule has 0 aliphatic rings. The Hall–Kier alpha value is -3.03. The summed E-state index contributed by atoms with van der Waals surface area (Å²) in [5, 5.41) is 8.87. The maximum absolute atomic E-state index is 13.2. The van der Waals surface area contributed by atoms with Gasteiger partial charge >= 0.3 is 0 Å². The van der Waals surface area contributed by atoms with Crippen LogP contribution in [-0.4, -0.2) is 32.8 Å². The van der Waals surface area contributed by atoms with Crippen molar-refractivity contribution in [2.24, 2.45) is 0 Å². The smallest absolute Gasteiger partial charge is 0.276 e. The summed E-state index contributed by atoms with van der Waals surface area (Å²) in [5.41, 5.74) is 1.78. The first-order valence-electron chi connectivity index (χ1n) is 8.86. The maximum Gasteiger partial charge on any atom is 0.276 e. The zero-order valence-corrected chi connectivity index (χ0v) is 17.1. The minimum Gasteiger partial charge on any atom is -0.350 e. The molecule has 6 nitrogen and oxygen atoms in total. The van der Waals surface area contributed by atoms with Crippen molar-refractivity contribution in [3.05, 3.63) is 94.5 Å². The molecule has 0 bridgehead atoms. The molecule has 2 aromatic carbocycles. The molecular weight excluding hydrogens is 408 g/mol. The van der Waals surface area contributed by atoms with Gasteiger partial charge in [0.25, 0.3) is 5.91 Å². The number of rotatable bonds is 8. The lowest BCUT2D eigenvalue weighted by atomic mass is 10.0. The predicted molar refractivity (Wildman–Crippen MR) is 114 cm³/mol. The van der Waals surface area contributed by atoms with E-state index in [0.29, 0.717) is 17.1 Å². The van der Waals surface area contributed by atoms with Gasteiger partial charge in [0, 0.05) is 23.5 Å². The van der Waals surface area contributed by atoms with Crippen molar-refractivity contribution in [3.63, 3.8) is 0 Å². The third kappa shape index (κ3) is 5.28. The summed E-state index contributed by atoms with van der Waals surface area (Å²) in [6.45, 7) is 4.24. The number of amides is 2. The average Bonchev–Trinajstić information content (AvgIpc) is 3.28. The Bertz CT molecular complexity index is 962. The first-order chi connectivity index (χ1) is 14.1. The number of nitrogens with zero attached hydrogens (tertiary/aromatic N) is 3. The van der Waals surface area contributed by atoms with Crippen molar-refractivity contribution >= 4 is 34.9 Å². The highest BCUT2D eigenvalue weighted by Gasteiger charge is 2.32. The molecular formula is C21H19ClN4O2S. The van der Waals surface area contributed by atoms with E-state index < -0.39 is 11.9 Å². The van der Waals surface area contributed by atoms with Crippen molar-refractivity contribution in [2.45, 2.75) is 12.6 Å². The molecule has 0 saturated heterocycles. The number of carbonyl (C=O) groups is 2. The molecule has 0 fully saturated rings. The van der Waals surface area contributed by atoms with E-state index in [1.165, 1.54) is 4.90 Å². The minimum absolute atomic E-state index is 0.169. The second-order valence-corrected chi connectivity index (χ2v) is 7.24. The summed E-state index contributed by atoms with van der Waals surface area (Å²) in [4.78, 5) is 27.6. The fraction of sp³-hybridized carbons (Fsp3) is 0.143. The van der Waals surface area contributed by atoms with E-state index in [9.17, 15) is 9.59 Å². The van der Waals surface area contributed by atoms with E-state index in [1.54, 1.807) is 35.7 Å². The van der Waals surface area contributed by atoms with E-state index in [1.807, 2.05) is 30.3 Å². The lowest BCUT2D eigenvalue weighted by Gasteiger charge is -2.30. The van der Waals surface area contributed by atoms with Crippen molar-refractivity contribution in [1.82, 2.24) is 19.8 Å². The largest absolute Gasteiger partial charge is 0.350 e. The van der Waals surface area contributed by atoms with Gasteiger partial charge in [0.15, 0.2) is 5.69 Å². The Kier molecular flexibility index (Phi) is 7.10. The number of hydrogen-bond acceptors (Lipinski definition) is 5. The Morgan fingerprint density at radius 3 is 2.52 bits per heavy atom. The quantitative estimate of drug-likeness (QED) is 0.554. The number of halogens is 1. The van der Waals surface area contributed by atoms with E-state index in [0.717, 1.165) is 17.1 Å². The molecule has 0 saturated carbocycles. The molecule has 3 rings (SSSR count). The van der Waals surface area contributed by atoms with Crippen molar-refractivity contribution < 1.29 is 9.59 Å². The van der Waals surface area contributed by atoms with Gasteiger partial charge in [-0.05, 0) is 34.8 Å². The molecule has 0 aliphatic carbocycles. The van der Waals surface area contributed by atoms with Crippen LogP contribution in [0.3, 0.4) is 0 Å². The normalized spacial score (nSPS) is 11.5. The summed E-state index contributed by atoms with van der Waals surface area (Å²) >= 11 is 7.08. The van der Waals surface area contributed by atoms with Crippen LogP contribution in [0.15, 0.2) is 72.6 Å². The SMILES string of the molecule is C=CCN(C(=O)c1csnn1)C(C(=O)NCc1ccccc1)c1ccc(Cl)cc1. The van der Waals surface area contributed by atoms with Crippen LogP contribution in [0.4, 0.5) is 0 Å². The Morgan fingerprint density at radius 2 is 1.90 bits per heavy atom. The standard InChI is InChI=1S/C21H19ClN4O2S/c1-2-12-26(21(28)18-14-29-25-24-18)19(16-8-10-17(22)11-9-16)20(27)23-13-15-6-4-3-5-7-15/h2-11,14,19H,1,12-13H2,(H,23,27). The zero-order valence-electron chi connectivity index (χ0n) is 15.5. The van der Waals surface area contributed by atoms with Crippen molar-refractivity contribution in [1.29, 1.82) is 0 Å². The van der Waals surface area contributed by atoms with Crippen LogP contribution in [-0.2, 0) is 11.3 Å². The third-order valence-electron chi connectivity index (χ3n) is 4.22. The fourth-order valence-corrected chi connectivity index (χ4v) is 3.41. The van der Waals surface area contributed by atoms with Gasteiger partial charge in [-0.1, -0.05) is 64.6 Å². The van der Waals surface area contributed by atoms with Crippen molar-refractivity contribution in [2.75, 3.05) is 6.54 Å². The van der Waals surface area contributed by atoms with Gasteiger partial charge in [0.05, 0.1) is 0 Å². The zero-order chi connectivity index (χ0) is 20.6. The molecule has 1 aromatic heterocycles. The third-order valence-corrected chi connectivity index (χ3v) is 4.98. The van der Waals surface area contributed by atoms with Gasteiger partial charge in [-0.25, -0.2) is 0 Å². The molecule has 1 N–H and O–H groups in total. The molecule has 0 spiro atoms. The van der Waals surface area contributed by atoms with Crippen LogP contribution < -0.4 is 5.32 Å². The van der Waals surface area contributed by atoms with Crippen LogP contribution in [0.1, 0.15) is 27.7 Å². The van der Waals surface area contributed by atoms with Gasteiger partial charge in [-0.2, -0.15) is 0 Å². The molecule has 1 heterocycles. The van der Waals surface area contributed by atoms with Crippen LogP contribution in [0, 0.1) is 0 Å². The summed E-state index contributed by atoms with van der Waals surface area (Å²) in [6, 6.07) is 15.5. The molecule has 8 heteroatoms. The molecule has 3 aromatic rings. The summed E-state index contributed by atoms with van der Waals surface area (Å²) < 4.78 is 3.75.